The molecule has 0 bridgehead atoms. The van der Waals surface area contributed by atoms with E-state index >= 15 is 0 Å². The first-order valence-electron chi connectivity index (χ1n) is 11.3. The van der Waals surface area contributed by atoms with Gasteiger partial charge in [0.2, 0.25) is 0 Å². The van der Waals surface area contributed by atoms with E-state index in [9.17, 15) is 0 Å². The second kappa shape index (κ2) is 10.3. The minimum atomic E-state index is 0. The normalized spacial score (nSPS) is 16.7. The summed E-state index contributed by atoms with van der Waals surface area (Å²) in [4.78, 5) is 0. The molecule has 1 aliphatic carbocycles. The molecule has 1 aliphatic heterocycles. The van der Waals surface area contributed by atoms with Crippen LogP contribution in [-0.4, -0.2) is 39.5 Å². The van der Waals surface area contributed by atoms with Gasteiger partial charge < -0.3 is 36.7 Å². The molecule has 0 amide bonds. The molecule has 5 nitrogen and oxygen atoms in total. The van der Waals surface area contributed by atoms with E-state index in [1.165, 1.54) is 24.0 Å². The summed E-state index contributed by atoms with van der Waals surface area (Å²) in [6, 6.07) is 16.6. The van der Waals surface area contributed by atoms with Crippen LogP contribution >= 0.6 is 0 Å². The average Bonchev–Trinajstić information content (AvgIpc) is 2.82. The van der Waals surface area contributed by atoms with Gasteiger partial charge in [-0.1, -0.05) is 30.3 Å². The van der Waals surface area contributed by atoms with Gasteiger partial charge in [0.05, 0.1) is 7.11 Å². The minimum Gasteiger partial charge on any atom is -1.00 e. The monoisotopic (exact) mass is 455 g/mol. The molecule has 3 aromatic rings. The Morgan fingerprint density at radius 3 is 2.59 bits per heavy atom. The highest BCUT2D eigenvalue weighted by Crippen LogP contribution is 2.37. The second-order valence-corrected chi connectivity index (χ2v) is 8.31. The summed E-state index contributed by atoms with van der Waals surface area (Å²) in [5.41, 5.74) is 2.86. The number of ether oxygens (including phenoxy) is 4. The largest absolute Gasteiger partial charge is 1.00 e. The van der Waals surface area contributed by atoms with Crippen LogP contribution in [0.15, 0.2) is 48.5 Å². The molecule has 32 heavy (non-hydrogen) atoms. The van der Waals surface area contributed by atoms with Crippen LogP contribution in [0.25, 0.3) is 10.8 Å². The fraction of sp³-hybridized carbons (Fsp3) is 0.385. The summed E-state index contributed by atoms with van der Waals surface area (Å²) in [5.74, 6) is 3.39. The number of aryl methyl sites for hydroxylation is 2. The van der Waals surface area contributed by atoms with Gasteiger partial charge in [0.25, 0.3) is 0 Å². The van der Waals surface area contributed by atoms with Crippen LogP contribution in [0, 0.1) is 0 Å². The van der Waals surface area contributed by atoms with Gasteiger partial charge >= 0.3 is 0 Å². The van der Waals surface area contributed by atoms with Crippen LogP contribution in [0.4, 0.5) is 0 Å². The quantitative estimate of drug-likeness (QED) is 0.528. The summed E-state index contributed by atoms with van der Waals surface area (Å²) < 4.78 is 23.9. The summed E-state index contributed by atoms with van der Waals surface area (Å²) in [5, 5.41) is 4.45. The van der Waals surface area contributed by atoms with Gasteiger partial charge in [-0.15, -0.1) is 0 Å². The molecule has 0 saturated carbocycles. The molecule has 5 rings (SSSR count). The van der Waals surface area contributed by atoms with E-state index in [0.717, 1.165) is 59.7 Å². The number of halogens is 1. The molecule has 0 radical (unpaired) electrons. The molecule has 0 spiro atoms. The first kappa shape index (κ1) is 22.6. The second-order valence-electron chi connectivity index (χ2n) is 8.31. The molecule has 2 aliphatic rings. The molecule has 6 heteroatoms. The van der Waals surface area contributed by atoms with Crippen molar-refractivity contribution >= 4 is 10.8 Å². The first-order valence-corrected chi connectivity index (χ1v) is 11.3. The predicted molar refractivity (Wildman–Crippen MR) is 121 cm³/mol. The van der Waals surface area contributed by atoms with Crippen molar-refractivity contribution in [3.05, 3.63) is 59.7 Å². The Labute approximate surface area is 195 Å². The van der Waals surface area contributed by atoms with Gasteiger partial charge in [-0.25, -0.2) is 0 Å². The molecule has 1 atom stereocenters. The lowest BCUT2D eigenvalue weighted by Crippen LogP contribution is -3.00. The van der Waals surface area contributed by atoms with E-state index in [0.29, 0.717) is 13.2 Å². The molecule has 0 saturated heterocycles. The van der Waals surface area contributed by atoms with E-state index in [1.807, 2.05) is 18.2 Å². The zero-order chi connectivity index (χ0) is 21.0. The van der Waals surface area contributed by atoms with E-state index < -0.39 is 0 Å². The Balaban J connectivity index is 0.00000245. The third kappa shape index (κ3) is 4.74. The van der Waals surface area contributed by atoms with Crippen molar-refractivity contribution in [3.63, 3.8) is 0 Å². The highest BCUT2D eigenvalue weighted by Gasteiger charge is 2.24. The standard InChI is InChI=1S/C26H29NO4.ClH/c1-28-23-11-10-18-6-4-5-9-22(18)26(23)29-13-12-27-16-21-17-30-24-14-19-7-2-3-8-20(19)15-25(24)31-21;/h4-6,9-11,14-15,21,27H,2-3,7-8,12-13,16-17H2,1H3;1H/t21-;/m0./s1. The maximum atomic E-state index is 6.24. The number of nitrogens with two attached hydrogens (primary N) is 1. The fourth-order valence-corrected chi connectivity index (χ4v) is 4.54. The number of quaternary nitrogens is 1. The number of hydrogen-bond acceptors (Lipinski definition) is 4. The van der Waals surface area contributed by atoms with Crippen LogP contribution in [0.3, 0.4) is 0 Å². The number of methoxy groups -OCH3 is 1. The molecule has 3 aromatic carbocycles. The topological polar surface area (TPSA) is 53.5 Å². The molecule has 0 aromatic heterocycles. The lowest BCUT2D eigenvalue weighted by Gasteiger charge is -2.28. The fourth-order valence-electron chi connectivity index (χ4n) is 4.54. The number of rotatable bonds is 7. The van der Waals surface area contributed by atoms with Crippen molar-refractivity contribution in [3.8, 4) is 23.0 Å². The third-order valence-electron chi connectivity index (χ3n) is 6.19. The Bertz CT molecular complexity index is 1070. The van der Waals surface area contributed by atoms with Crippen LogP contribution < -0.4 is 36.7 Å². The van der Waals surface area contributed by atoms with Crippen molar-refractivity contribution < 1.29 is 36.7 Å². The average molecular weight is 456 g/mol. The van der Waals surface area contributed by atoms with E-state index in [2.05, 4.69) is 35.6 Å². The predicted octanol–water partition coefficient (Wildman–Crippen LogP) is 0.513. The van der Waals surface area contributed by atoms with Crippen molar-refractivity contribution in [1.82, 2.24) is 0 Å². The number of benzene rings is 3. The SMILES string of the molecule is COc1ccc2ccccc2c1OCC[NH2+]C[C@H]1COc2cc3c(cc2O1)CCCC3.[Cl-]. The van der Waals surface area contributed by atoms with Gasteiger partial charge in [0, 0.05) is 5.39 Å². The molecule has 0 fully saturated rings. The highest BCUT2D eigenvalue weighted by molar-refractivity contribution is 5.90. The van der Waals surface area contributed by atoms with Gasteiger partial charge in [-0.05, 0) is 60.4 Å². The maximum absolute atomic E-state index is 6.24. The van der Waals surface area contributed by atoms with E-state index in [-0.39, 0.29) is 18.5 Å². The maximum Gasteiger partial charge on any atom is 0.181 e. The van der Waals surface area contributed by atoms with Gasteiger partial charge in [0.15, 0.2) is 29.1 Å². The zero-order valence-electron chi connectivity index (χ0n) is 18.4. The van der Waals surface area contributed by atoms with Crippen LogP contribution in [-0.2, 0) is 12.8 Å². The van der Waals surface area contributed by atoms with Crippen LogP contribution in [0.1, 0.15) is 24.0 Å². The molecule has 170 valence electrons. The Morgan fingerprint density at radius 2 is 1.78 bits per heavy atom. The molecular formula is C26H30ClNO4. The van der Waals surface area contributed by atoms with Crippen LogP contribution in [0.5, 0.6) is 23.0 Å². The Kier molecular flexibility index (Phi) is 7.28. The van der Waals surface area contributed by atoms with Gasteiger partial charge in [0.1, 0.15) is 26.3 Å². The summed E-state index contributed by atoms with van der Waals surface area (Å²) in [6.45, 7) is 2.87. The highest BCUT2D eigenvalue weighted by atomic mass is 35.5. The Morgan fingerprint density at radius 1 is 1.00 bits per heavy atom. The van der Waals surface area contributed by atoms with E-state index in [4.69, 9.17) is 18.9 Å². The third-order valence-corrected chi connectivity index (χ3v) is 6.19. The molecule has 0 unspecified atom stereocenters. The van der Waals surface area contributed by atoms with Gasteiger partial charge in [-0.3, -0.25) is 0 Å². The van der Waals surface area contributed by atoms with Crippen molar-refractivity contribution in [2.45, 2.75) is 31.8 Å². The van der Waals surface area contributed by atoms with Crippen molar-refractivity contribution in [2.24, 2.45) is 0 Å². The lowest BCUT2D eigenvalue weighted by atomic mass is 9.91. The lowest BCUT2D eigenvalue weighted by molar-refractivity contribution is -0.661. The minimum absolute atomic E-state index is 0. The van der Waals surface area contributed by atoms with Crippen molar-refractivity contribution in [1.29, 1.82) is 0 Å². The number of fused-ring (bicyclic) bond motifs is 3. The molecule has 2 N–H and O–H groups in total. The number of hydrogen-bond donors (Lipinski definition) is 1. The summed E-state index contributed by atoms with van der Waals surface area (Å²) in [6.07, 6.45) is 4.91. The van der Waals surface area contributed by atoms with Crippen LogP contribution in [0.2, 0.25) is 0 Å². The summed E-state index contributed by atoms with van der Waals surface area (Å²) >= 11 is 0. The smallest absolute Gasteiger partial charge is 0.181 e. The van der Waals surface area contributed by atoms with Crippen molar-refractivity contribution in [2.75, 3.05) is 33.4 Å². The molecular weight excluding hydrogens is 426 g/mol. The first-order chi connectivity index (χ1) is 15.3. The van der Waals surface area contributed by atoms with E-state index in [1.54, 1.807) is 7.11 Å². The summed E-state index contributed by atoms with van der Waals surface area (Å²) in [7, 11) is 1.68. The Hall–Kier alpha value is -2.63. The van der Waals surface area contributed by atoms with Gasteiger partial charge in [-0.2, -0.15) is 0 Å². The zero-order valence-corrected chi connectivity index (χ0v) is 19.2. The molecule has 1 heterocycles.